The molecular weight excluding hydrogens is 346 g/mol. The maximum absolute atomic E-state index is 13.3. The van der Waals surface area contributed by atoms with Crippen molar-refractivity contribution in [2.45, 2.75) is 13.0 Å². The Morgan fingerprint density at radius 2 is 2.13 bits per heavy atom. The predicted molar refractivity (Wildman–Crippen MR) is 86.1 cm³/mol. The number of rotatable bonds is 6. The molecule has 0 saturated carbocycles. The summed E-state index contributed by atoms with van der Waals surface area (Å²) in [6.45, 7) is 2.09. The van der Waals surface area contributed by atoms with Gasteiger partial charge in [-0.25, -0.2) is 13.6 Å². The lowest BCUT2D eigenvalue weighted by molar-refractivity contribution is 0.233. The first kappa shape index (κ1) is 17.5. The van der Waals surface area contributed by atoms with Crippen molar-refractivity contribution in [2.75, 3.05) is 13.2 Å². The van der Waals surface area contributed by atoms with E-state index in [-0.39, 0.29) is 31.0 Å². The molecule has 0 fully saturated rings. The molecule has 8 heteroatoms. The minimum absolute atomic E-state index is 0.0600. The summed E-state index contributed by atoms with van der Waals surface area (Å²) in [5.41, 5.74) is 0. The Labute approximate surface area is 141 Å². The molecule has 0 spiro atoms. The summed E-state index contributed by atoms with van der Waals surface area (Å²) in [7, 11) is 0. The first-order chi connectivity index (χ1) is 11.0. The van der Waals surface area contributed by atoms with Crippen LogP contribution in [0.1, 0.15) is 17.8 Å². The van der Waals surface area contributed by atoms with Crippen LogP contribution in [0, 0.1) is 11.6 Å². The number of amides is 2. The van der Waals surface area contributed by atoms with Crippen molar-refractivity contribution in [3.8, 4) is 5.75 Å². The Morgan fingerprint density at radius 3 is 2.78 bits per heavy atom. The van der Waals surface area contributed by atoms with Gasteiger partial charge in [0.2, 0.25) is 0 Å². The Bertz CT molecular complexity index is 681. The third-order valence-electron chi connectivity index (χ3n) is 2.91. The van der Waals surface area contributed by atoms with Gasteiger partial charge in [0.25, 0.3) is 0 Å². The second-order valence-electron chi connectivity index (χ2n) is 4.69. The van der Waals surface area contributed by atoms with E-state index >= 15 is 0 Å². The number of carbonyl (C=O) groups is 1. The van der Waals surface area contributed by atoms with Gasteiger partial charge >= 0.3 is 6.03 Å². The van der Waals surface area contributed by atoms with E-state index in [9.17, 15) is 13.6 Å². The molecule has 0 radical (unpaired) electrons. The number of nitrogens with one attached hydrogen (secondary N) is 2. The lowest BCUT2D eigenvalue weighted by atomic mass is 10.3. The molecule has 2 aromatic rings. The van der Waals surface area contributed by atoms with Crippen molar-refractivity contribution < 1.29 is 18.3 Å². The van der Waals surface area contributed by atoms with E-state index in [1.807, 2.05) is 13.0 Å². The van der Waals surface area contributed by atoms with E-state index in [0.29, 0.717) is 4.34 Å². The predicted octanol–water partition coefficient (Wildman–Crippen LogP) is 4.12. The quantitative estimate of drug-likeness (QED) is 0.761. The minimum Gasteiger partial charge on any atom is -0.489 e. The van der Waals surface area contributed by atoms with Crippen molar-refractivity contribution in [2.24, 2.45) is 0 Å². The van der Waals surface area contributed by atoms with E-state index in [4.69, 9.17) is 16.3 Å². The van der Waals surface area contributed by atoms with Crippen molar-refractivity contribution >= 4 is 29.0 Å². The minimum atomic E-state index is -0.780. The standard InChI is InChI=1S/C15H15ClF2N2O2S/c1-9(13-4-5-14(16)23-13)20-15(21)19-6-7-22-12-3-2-10(17)8-11(12)18/h2-5,8-9H,6-7H2,1H3,(H2,19,20,21). The molecule has 1 atom stereocenters. The molecule has 124 valence electrons. The van der Waals surface area contributed by atoms with Crippen LogP contribution in [-0.4, -0.2) is 19.2 Å². The SMILES string of the molecule is CC(NC(=O)NCCOc1ccc(F)cc1F)c1ccc(Cl)s1. The van der Waals surface area contributed by atoms with Gasteiger partial charge in [-0.15, -0.1) is 11.3 Å². The van der Waals surface area contributed by atoms with Crippen LogP contribution in [0.3, 0.4) is 0 Å². The number of carbonyl (C=O) groups excluding carboxylic acids is 1. The fourth-order valence-electron chi connectivity index (χ4n) is 1.80. The van der Waals surface area contributed by atoms with E-state index < -0.39 is 11.6 Å². The number of hydrogen-bond donors (Lipinski definition) is 2. The zero-order chi connectivity index (χ0) is 16.8. The highest BCUT2D eigenvalue weighted by Crippen LogP contribution is 2.26. The summed E-state index contributed by atoms with van der Waals surface area (Å²) in [6, 6.07) is 6.11. The van der Waals surface area contributed by atoms with Gasteiger partial charge in [0, 0.05) is 10.9 Å². The van der Waals surface area contributed by atoms with E-state index in [0.717, 1.165) is 17.0 Å². The van der Waals surface area contributed by atoms with E-state index in [1.165, 1.54) is 17.4 Å². The highest BCUT2D eigenvalue weighted by atomic mass is 35.5. The Morgan fingerprint density at radius 1 is 1.35 bits per heavy atom. The van der Waals surface area contributed by atoms with E-state index in [2.05, 4.69) is 10.6 Å². The average molecular weight is 361 g/mol. The van der Waals surface area contributed by atoms with Gasteiger partial charge in [0.15, 0.2) is 11.6 Å². The van der Waals surface area contributed by atoms with Crippen LogP contribution >= 0.6 is 22.9 Å². The lowest BCUT2D eigenvalue weighted by Gasteiger charge is -2.13. The van der Waals surface area contributed by atoms with Crippen LogP contribution < -0.4 is 15.4 Å². The molecule has 4 nitrogen and oxygen atoms in total. The van der Waals surface area contributed by atoms with Gasteiger partial charge in [-0.2, -0.15) is 0 Å². The highest BCUT2D eigenvalue weighted by molar-refractivity contribution is 7.16. The second-order valence-corrected chi connectivity index (χ2v) is 6.43. The maximum Gasteiger partial charge on any atom is 0.315 e. The molecule has 0 saturated heterocycles. The molecule has 2 N–H and O–H groups in total. The van der Waals surface area contributed by atoms with Crippen LogP contribution in [0.2, 0.25) is 4.34 Å². The van der Waals surface area contributed by atoms with Crippen LogP contribution in [0.4, 0.5) is 13.6 Å². The number of ether oxygens (including phenoxy) is 1. The topological polar surface area (TPSA) is 50.4 Å². The molecule has 2 rings (SSSR count). The summed E-state index contributed by atoms with van der Waals surface area (Å²) in [5.74, 6) is -1.51. The fourth-order valence-corrected chi connectivity index (χ4v) is 2.86. The normalized spacial score (nSPS) is 11.8. The molecule has 0 aliphatic carbocycles. The van der Waals surface area contributed by atoms with Gasteiger partial charge in [0.1, 0.15) is 12.4 Å². The zero-order valence-corrected chi connectivity index (χ0v) is 13.8. The fraction of sp³-hybridized carbons (Fsp3) is 0.267. The third-order valence-corrected chi connectivity index (χ3v) is 4.32. The van der Waals surface area contributed by atoms with Gasteiger partial charge in [-0.3, -0.25) is 0 Å². The number of hydrogen-bond acceptors (Lipinski definition) is 3. The van der Waals surface area contributed by atoms with Crippen LogP contribution in [-0.2, 0) is 0 Å². The monoisotopic (exact) mass is 360 g/mol. The van der Waals surface area contributed by atoms with Gasteiger partial charge < -0.3 is 15.4 Å². The van der Waals surface area contributed by atoms with Crippen LogP contribution in [0.15, 0.2) is 30.3 Å². The largest absolute Gasteiger partial charge is 0.489 e. The molecule has 2 amide bonds. The lowest BCUT2D eigenvalue weighted by Crippen LogP contribution is -2.38. The van der Waals surface area contributed by atoms with Crippen molar-refractivity contribution in [1.29, 1.82) is 0 Å². The summed E-state index contributed by atoms with van der Waals surface area (Å²) < 4.78 is 31.9. The molecule has 1 aromatic heterocycles. The number of thiophene rings is 1. The molecule has 1 unspecified atom stereocenters. The Balaban J connectivity index is 1.70. The summed E-state index contributed by atoms with van der Waals surface area (Å²) >= 11 is 7.24. The van der Waals surface area contributed by atoms with Gasteiger partial charge in [0.05, 0.1) is 16.9 Å². The molecule has 0 aliphatic rings. The molecule has 0 bridgehead atoms. The third kappa shape index (κ3) is 5.37. The smallest absolute Gasteiger partial charge is 0.315 e. The molecule has 0 aliphatic heterocycles. The van der Waals surface area contributed by atoms with E-state index in [1.54, 1.807) is 6.07 Å². The highest BCUT2D eigenvalue weighted by Gasteiger charge is 2.11. The molecule has 1 heterocycles. The summed E-state index contributed by atoms with van der Waals surface area (Å²) in [5, 5.41) is 5.34. The first-order valence-electron chi connectivity index (χ1n) is 6.83. The Hall–Kier alpha value is -1.86. The van der Waals surface area contributed by atoms with Crippen LogP contribution in [0.5, 0.6) is 5.75 Å². The maximum atomic E-state index is 13.3. The molecule has 1 aromatic carbocycles. The van der Waals surface area contributed by atoms with Gasteiger partial charge in [-0.05, 0) is 31.2 Å². The van der Waals surface area contributed by atoms with Crippen molar-refractivity contribution in [1.82, 2.24) is 10.6 Å². The molecular formula is C15H15ClF2N2O2S. The van der Waals surface area contributed by atoms with Crippen LogP contribution in [0.25, 0.3) is 0 Å². The number of halogens is 3. The van der Waals surface area contributed by atoms with Crippen molar-refractivity contribution in [3.05, 3.63) is 51.2 Å². The molecule has 23 heavy (non-hydrogen) atoms. The summed E-state index contributed by atoms with van der Waals surface area (Å²) in [4.78, 5) is 12.7. The number of benzene rings is 1. The first-order valence-corrected chi connectivity index (χ1v) is 8.02. The zero-order valence-electron chi connectivity index (χ0n) is 12.2. The average Bonchev–Trinajstić information content (AvgIpc) is 2.92. The Kier molecular flexibility index (Phi) is 6.18. The van der Waals surface area contributed by atoms with Crippen molar-refractivity contribution in [3.63, 3.8) is 0 Å². The second kappa shape index (κ2) is 8.12. The summed E-state index contributed by atoms with van der Waals surface area (Å²) in [6.07, 6.45) is 0. The number of urea groups is 1. The van der Waals surface area contributed by atoms with Gasteiger partial charge in [-0.1, -0.05) is 11.6 Å².